The quantitative estimate of drug-likeness (QED) is 0.370. The Bertz CT molecular complexity index is 524. The van der Waals surface area contributed by atoms with Crippen LogP contribution in [0.5, 0.6) is 0 Å². The van der Waals surface area contributed by atoms with Gasteiger partial charge in [-0.2, -0.15) is 4.39 Å². The molecule has 0 heterocycles. The zero-order valence-electron chi connectivity index (χ0n) is 10.7. The monoisotopic (exact) mass is 350 g/mol. The number of benzene rings is 1. The van der Waals surface area contributed by atoms with E-state index < -0.39 is 33.7 Å². The lowest BCUT2D eigenvalue weighted by atomic mass is 10.1. The molecule has 0 aromatic heterocycles. The van der Waals surface area contributed by atoms with Crippen LogP contribution in [0.15, 0.2) is 12.1 Å². The van der Waals surface area contributed by atoms with Crippen molar-refractivity contribution in [2.75, 3.05) is 6.54 Å². The minimum absolute atomic E-state index is 0.232. The number of alkyl halides is 1. The summed E-state index contributed by atoms with van der Waals surface area (Å²) in [6.45, 7) is 2.16. The molecule has 1 atom stereocenters. The van der Waals surface area contributed by atoms with Crippen LogP contribution in [0.4, 0.5) is 14.5 Å². The standard InChI is InChI=1S/C12H13BrF2N2O3/c1-7(13)3-2-6-16-12(18)10-8(14)4-5-9(11(10)15)17(19)20/h4-5,7H,2-3,6H2,1H3,(H,16,18). The molecular formula is C12H13BrF2N2O3. The first-order valence-electron chi connectivity index (χ1n) is 5.89. The number of rotatable bonds is 6. The molecule has 1 aromatic carbocycles. The van der Waals surface area contributed by atoms with Crippen molar-refractivity contribution in [1.29, 1.82) is 0 Å². The Hall–Kier alpha value is -1.57. The Morgan fingerprint density at radius 3 is 2.70 bits per heavy atom. The molecule has 0 bridgehead atoms. The maximum atomic E-state index is 13.7. The lowest BCUT2D eigenvalue weighted by Gasteiger charge is -2.08. The van der Waals surface area contributed by atoms with Crippen molar-refractivity contribution in [3.05, 3.63) is 39.4 Å². The first-order chi connectivity index (χ1) is 9.34. The van der Waals surface area contributed by atoms with Gasteiger partial charge in [0.15, 0.2) is 0 Å². The summed E-state index contributed by atoms with van der Waals surface area (Å²) in [6.07, 6.45) is 1.40. The molecule has 20 heavy (non-hydrogen) atoms. The zero-order valence-corrected chi connectivity index (χ0v) is 12.2. The third-order valence-corrected chi connectivity index (χ3v) is 3.02. The number of hydrogen-bond donors (Lipinski definition) is 1. The molecule has 110 valence electrons. The fourth-order valence-electron chi connectivity index (χ4n) is 1.56. The van der Waals surface area contributed by atoms with Gasteiger partial charge in [-0.15, -0.1) is 0 Å². The maximum Gasteiger partial charge on any atom is 0.305 e. The van der Waals surface area contributed by atoms with Crippen molar-refractivity contribution in [1.82, 2.24) is 5.32 Å². The first kappa shape index (κ1) is 16.5. The summed E-state index contributed by atoms with van der Waals surface area (Å²) in [6, 6.07) is 1.39. The van der Waals surface area contributed by atoms with Crippen LogP contribution in [0.1, 0.15) is 30.1 Å². The van der Waals surface area contributed by atoms with Crippen LogP contribution in [0, 0.1) is 21.7 Å². The molecule has 1 N–H and O–H groups in total. The third kappa shape index (κ3) is 4.22. The zero-order chi connectivity index (χ0) is 15.3. The molecule has 0 radical (unpaired) electrons. The number of halogens is 3. The molecule has 0 fully saturated rings. The van der Waals surface area contributed by atoms with Crippen LogP contribution >= 0.6 is 15.9 Å². The predicted molar refractivity (Wildman–Crippen MR) is 73.0 cm³/mol. The summed E-state index contributed by atoms with van der Waals surface area (Å²) in [5, 5.41) is 12.9. The van der Waals surface area contributed by atoms with E-state index in [1.807, 2.05) is 6.92 Å². The van der Waals surface area contributed by atoms with E-state index in [2.05, 4.69) is 21.2 Å². The number of hydrogen-bond acceptors (Lipinski definition) is 3. The summed E-state index contributed by atoms with van der Waals surface area (Å²) in [5.74, 6) is -3.58. The van der Waals surface area contributed by atoms with Gasteiger partial charge in [-0.1, -0.05) is 22.9 Å². The molecular weight excluding hydrogens is 338 g/mol. The number of amides is 1. The van der Waals surface area contributed by atoms with E-state index in [0.717, 1.165) is 6.42 Å². The highest BCUT2D eigenvalue weighted by Gasteiger charge is 2.25. The smallest absolute Gasteiger partial charge is 0.305 e. The van der Waals surface area contributed by atoms with Crippen LogP contribution < -0.4 is 5.32 Å². The van der Waals surface area contributed by atoms with Gasteiger partial charge in [0.05, 0.1) is 4.92 Å². The van der Waals surface area contributed by atoms with E-state index in [1.165, 1.54) is 0 Å². The minimum Gasteiger partial charge on any atom is -0.352 e. The van der Waals surface area contributed by atoms with E-state index in [0.29, 0.717) is 18.6 Å². The number of nitro groups is 1. The highest BCUT2D eigenvalue weighted by Crippen LogP contribution is 2.22. The van der Waals surface area contributed by atoms with Gasteiger partial charge in [0.25, 0.3) is 5.91 Å². The number of nitro benzene ring substituents is 1. The van der Waals surface area contributed by atoms with Gasteiger partial charge in [0.2, 0.25) is 5.82 Å². The Morgan fingerprint density at radius 1 is 1.50 bits per heavy atom. The molecule has 1 unspecified atom stereocenters. The van der Waals surface area contributed by atoms with Gasteiger partial charge < -0.3 is 5.32 Å². The molecule has 0 saturated heterocycles. The Morgan fingerprint density at radius 2 is 2.15 bits per heavy atom. The number of nitrogens with one attached hydrogen (secondary N) is 1. The van der Waals surface area contributed by atoms with Crippen molar-refractivity contribution in [2.45, 2.75) is 24.6 Å². The molecule has 0 aliphatic rings. The molecule has 5 nitrogen and oxygen atoms in total. The fraction of sp³-hybridized carbons (Fsp3) is 0.417. The molecule has 0 aliphatic carbocycles. The normalized spacial score (nSPS) is 12.0. The number of carbonyl (C=O) groups is 1. The van der Waals surface area contributed by atoms with Gasteiger partial charge in [0.1, 0.15) is 11.4 Å². The largest absolute Gasteiger partial charge is 0.352 e. The maximum absolute atomic E-state index is 13.7. The highest BCUT2D eigenvalue weighted by molar-refractivity contribution is 9.09. The fourth-order valence-corrected chi connectivity index (χ4v) is 1.89. The Labute approximate surface area is 122 Å². The van der Waals surface area contributed by atoms with Gasteiger partial charge in [0, 0.05) is 17.4 Å². The molecule has 0 saturated carbocycles. The van der Waals surface area contributed by atoms with Crippen molar-refractivity contribution in [3.63, 3.8) is 0 Å². The second-order valence-corrected chi connectivity index (χ2v) is 5.75. The lowest BCUT2D eigenvalue weighted by Crippen LogP contribution is -2.27. The molecule has 0 aliphatic heterocycles. The summed E-state index contributed by atoms with van der Waals surface area (Å²) in [4.78, 5) is 21.5. The molecule has 1 aromatic rings. The van der Waals surface area contributed by atoms with Crippen LogP contribution in [0.2, 0.25) is 0 Å². The van der Waals surface area contributed by atoms with Gasteiger partial charge in [-0.3, -0.25) is 14.9 Å². The van der Waals surface area contributed by atoms with Gasteiger partial charge in [-0.25, -0.2) is 4.39 Å². The Kier molecular flexibility index (Phi) is 6.00. The average Bonchev–Trinajstić information content (AvgIpc) is 2.34. The van der Waals surface area contributed by atoms with Crippen LogP contribution in [-0.2, 0) is 0 Å². The number of nitrogens with zero attached hydrogens (tertiary/aromatic N) is 1. The SMILES string of the molecule is CC(Br)CCCNC(=O)c1c(F)ccc([N+](=O)[O-])c1F. The second-order valence-electron chi connectivity index (χ2n) is 4.19. The van der Waals surface area contributed by atoms with Crippen molar-refractivity contribution < 1.29 is 18.5 Å². The van der Waals surface area contributed by atoms with E-state index in [9.17, 15) is 23.7 Å². The van der Waals surface area contributed by atoms with E-state index in [-0.39, 0.29) is 11.4 Å². The van der Waals surface area contributed by atoms with E-state index in [4.69, 9.17) is 0 Å². The van der Waals surface area contributed by atoms with E-state index >= 15 is 0 Å². The summed E-state index contributed by atoms with van der Waals surface area (Å²) in [5.41, 5.74) is -1.85. The topological polar surface area (TPSA) is 72.2 Å². The third-order valence-electron chi connectivity index (χ3n) is 2.56. The molecule has 8 heteroatoms. The summed E-state index contributed by atoms with van der Waals surface area (Å²) >= 11 is 3.33. The molecule has 1 amide bonds. The van der Waals surface area contributed by atoms with E-state index in [1.54, 1.807) is 0 Å². The predicted octanol–water partition coefficient (Wildman–Crippen LogP) is 3.17. The lowest BCUT2D eigenvalue weighted by molar-refractivity contribution is -0.387. The van der Waals surface area contributed by atoms with Crippen LogP contribution in [0.3, 0.4) is 0 Å². The highest BCUT2D eigenvalue weighted by atomic mass is 79.9. The Balaban J connectivity index is 2.82. The second kappa shape index (κ2) is 7.28. The molecule has 0 spiro atoms. The van der Waals surface area contributed by atoms with Crippen LogP contribution in [0.25, 0.3) is 0 Å². The summed E-state index contributed by atoms with van der Waals surface area (Å²) < 4.78 is 27.2. The minimum atomic E-state index is -1.46. The average molecular weight is 351 g/mol. The van der Waals surface area contributed by atoms with Gasteiger partial charge in [-0.05, 0) is 18.9 Å². The van der Waals surface area contributed by atoms with Crippen LogP contribution in [-0.4, -0.2) is 22.2 Å². The van der Waals surface area contributed by atoms with Crippen molar-refractivity contribution in [3.8, 4) is 0 Å². The first-order valence-corrected chi connectivity index (χ1v) is 6.80. The van der Waals surface area contributed by atoms with Gasteiger partial charge >= 0.3 is 5.69 Å². The molecule has 1 rings (SSSR count). The summed E-state index contributed by atoms with van der Waals surface area (Å²) in [7, 11) is 0. The van der Waals surface area contributed by atoms with Crippen molar-refractivity contribution in [2.24, 2.45) is 0 Å². The van der Waals surface area contributed by atoms with Crippen molar-refractivity contribution >= 4 is 27.5 Å². The number of carbonyl (C=O) groups excluding carboxylic acids is 1.